The molecule has 3 aromatic heterocycles. The van der Waals surface area contributed by atoms with Gasteiger partial charge in [-0.2, -0.15) is 0 Å². The van der Waals surface area contributed by atoms with E-state index in [2.05, 4.69) is 31.9 Å². The Morgan fingerprint density at radius 2 is 2.13 bits per heavy atom. The third kappa shape index (κ3) is 3.97. The highest BCUT2D eigenvalue weighted by molar-refractivity contribution is 7.21. The molecule has 1 saturated heterocycles. The fourth-order valence-electron chi connectivity index (χ4n) is 4.54. The van der Waals surface area contributed by atoms with Crippen LogP contribution in [-0.4, -0.2) is 55.1 Å². The molecule has 0 saturated carbocycles. The van der Waals surface area contributed by atoms with Crippen molar-refractivity contribution in [3.8, 4) is 0 Å². The number of carbonyl (C=O) groups excluding carboxylic acids is 1. The molecule has 1 amide bonds. The third-order valence-corrected chi connectivity index (χ3v) is 7.31. The molecule has 0 spiro atoms. The first-order chi connectivity index (χ1) is 15.1. The normalized spacial score (nSPS) is 18.6. The average Bonchev–Trinajstić information content (AvgIpc) is 3.17. The summed E-state index contributed by atoms with van der Waals surface area (Å²) in [6.07, 6.45) is 4.65. The second-order valence-electron chi connectivity index (χ2n) is 8.31. The van der Waals surface area contributed by atoms with Crippen LogP contribution in [0.25, 0.3) is 10.2 Å². The van der Waals surface area contributed by atoms with E-state index in [0.717, 1.165) is 72.7 Å². The average molecular weight is 437 g/mol. The van der Waals surface area contributed by atoms with Gasteiger partial charge >= 0.3 is 0 Å². The molecule has 4 heterocycles. The van der Waals surface area contributed by atoms with Crippen molar-refractivity contribution in [1.29, 1.82) is 0 Å². The summed E-state index contributed by atoms with van der Waals surface area (Å²) in [4.78, 5) is 26.5. The second-order valence-corrected chi connectivity index (χ2v) is 9.31. The van der Waals surface area contributed by atoms with E-state index in [1.165, 1.54) is 22.6 Å². The lowest BCUT2D eigenvalue weighted by molar-refractivity contribution is 0.0938. The third-order valence-electron chi connectivity index (χ3n) is 6.22. The number of pyridine rings is 2. The van der Waals surface area contributed by atoms with Crippen LogP contribution < -0.4 is 20.9 Å². The molecule has 0 radical (unpaired) electrons. The zero-order valence-corrected chi connectivity index (χ0v) is 18.8. The quantitative estimate of drug-likeness (QED) is 0.583. The summed E-state index contributed by atoms with van der Waals surface area (Å²) in [5, 5.41) is 10.8. The van der Waals surface area contributed by atoms with Crippen LogP contribution in [0, 0.1) is 6.92 Å². The molecule has 0 bridgehead atoms. The van der Waals surface area contributed by atoms with Gasteiger partial charge in [-0.25, -0.2) is 4.98 Å². The van der Waals surface area contributed by atoms with Crippen LogP contribution in [0.15, 0.2) is 24.4 Å². The van der Waals surface area contributed by atoms with Gasteiger partial charge in [-0.05, 0) is 43.5 Å². The Labute approximate surface area is 186 Å². The number of amides is 1. The van der Waals surface area contributed by atoms with E-state index in [9.17, 15) is 4.79 Å². The fourth-order valence-corrected chi connectivity index (χ4v) is 5.67. The number of carbonyl (C=O) groups is 1. The first kappa shape index (κ1) is 20.2. The molecular weight excluding hydrogens is 408 g/mol. The number of nitrogens with zero attached hydrogens (tertiary/aromatic N) is 3. The van der Waals surface area contributed by atoms with Crippen LogP contribution in [0.3, 0.4) is 0 Å². The first-order valence-corrected chi connectivity index (χ1v) is 11.8. The first-order valence-electron chi connectivity index (χ1n) is 10.9. The van der Waals surface area contributed by atoms with Crippen molar-refractivity contribution in [3.63, 3.8) is 0 Å². The minimum Gasteiger partial charge on any atom is -0.386 e. The number of hydrogen-bond acceptors (Lipinski definition) is 7. The number of fused-ring (bicyclic) bond motifs is 2. The maximum Gasteiger partial charge on any atom is 0.263 e. The van der Waals surface area contributed by atoms with Crippen molar-refractivity contribution in [2.45, 2.75) is 32.2 Å². The molecule has 7 nitrogen and oxygen atoms in total. The summed E-state index contributed by atoms with van der Waals surface area (Å²) in [5.74, 6) is -0.0316. The molecular formula is C23H28N6OS. The monoisotopic (exact) mass is 436 g/mol. The van der Waals surface area contributed by atoms with Gasteiger partial charge in [0.1, 0.15) is 9.71 Å². The summed E-state index contributed by atoms with van der Waals surface area (Å²) in [7, 11) is 1.86. The van der Waals surface area contributed by atoms with Crippen molar-refractivity contribution >= 4 is 38.8 Å². The Bertz CT molecular complexity index is 1120. The molecule has 1 unspecified atom stereocenters. The van der Waals surface area contributed by atoms with Gasteiger partial charge in [-0.15, -0.1) is 11.3 Å². The molecule has 5 rings (SSSR count). The zero-order chi connectivity index (χ0) is 21.4. The smallest absolute Gasteiger partial charge is 0.263 e. The summed E-state index contributed by atoms with van der Waals surface area (Å²) >= 11 is 1.45. The van der Waals surface area contributed by atoms with Crippen LogP contribution in [0.4, 0.5) is 11.4 Å². The topological polar surface area (TPSA) is 82.2 Å². The molecule has 2 aliphatic rings. The van der Waals surface area contributed by atoms with E-state index in [0.29, 0.717) is 4.88 Å². The number of hydrogen-bond donors (Lipinski definition) is 3. The summed E-state index contributed by atoms with van der Waals surface area (Å²) < 4.78 is 0. The van der Waals surface area contributed by atoms with Gasteiger partial charge in [0.2, 0.25) is 0 Å². The number of nitrogens with one attached hydrogen (secondary N) is 3. The largest absolute Gasteiger partial charge is 0.386 e. The van der Waals surface area contributed by atoms with Crippen molar-refractivity contribution in [1.82, 2.24) is 20.6 Å². The molecule has 8 heteroatoms. The SMILES string of the molecule is CNc1c(C(=O)NC2CCc3cc(N4CCNCC4)cnc3C2)sc2nc(C)ccc12. The van der Waals surface area contributed by atoms with Gasteiger partial charge in [0.15, 0.2) is 0 Å². The Balaban J connectivity index is 1.31. The van der Waals surface area contributed by atoms with Gasteiger partial charge in [0.05, 0.1) is 17.6 Å². The molecule has 0 aromatic carbocycles. The highest BCUT2D eigenvalue weighted by Gasteiger charge is 2.25. The van der Waals surface area contributed by atoms with E-state index in [1.807, 2.05) is 32.3 Å². The number of aromatic nitrogens is 2. The van der Waals surface area contributed by atoms with E-state index >= 15 is 0 Å². The van der Waals surface area contributed by atoms with Crippen LogP contribution in [0.1, 0.15) is 33.0 Å². The Hall–Kier alpha value is -2.71. The van der Waals surface area contributed by atoms with E-state index in [4.69, 9.17) is 4.98 Å². The van der Waals surface area contributed by atoms with Gasteiger partial charge < -0.3 is 20.9 Å². The predicted octanol–water partition coefficient (Wildman–Crippen LogP) is 2.74. The molecule has 162 valence electrons. The van der Waals surface area contributed by atoms with Crippen molar-refractivity contribution < 1.29 is 4.79 Å². The predicted molar refractivity (Wildman–Crippen MR) is 127 cm³/mol. The summed E-state index contributed by atoms with van der Waals surface area (Å²) in [6, 6.07) is 6.41. The van der Waals surface area contributed by atoms with Crippen LogP contribution in [0.2, 0.25) is 0 Å². The highest BCUT2D eigenvalue weighted by Crippen LogP contribution is 2.35. The number of piperazine rings is 1. The maximum atomic E-state index is 13.1. The number of rotatable bonds is 4. The number of thiophene rings is 1. The van der Waals surface area contributed by atoms with Crippen molar-refractivity contribution in [2.24, 2.45) is 0 Å². The van der Waals surface area contributed by atoms with E-state index < -0.39 is 0 Å². The van der Waals surface area contributed by atoms with Crippen molar-refractivity contribution in [3.05, 3.63) is 46.2 Å². The van der Waals surface area contributed by atoms with Gasteiger partial charge in [0, 0.05) is 62.5 Å². The fraction of sp³-hybridized carbons (Fsp3) is 0.435. The van der Waals surface area contributed by atoms with Gasteiger partial charge in [-0.1, -0.05) is 0 Å². The molecule has 1 fully saturated rings. The zero-order valence-electron chi connectivity index (χ0n) is 18.0. The Kier molecular flexibility index (Phi) is 5.50. The van der Waals surface area contributed by atoms with Gasteiger partial charge in [-0.3, -0.25) is 9.78 Å². The Morgan fingerprint density at radius 1 is 1.29 bits per heavy atom. The lowest BCUT2D eigenvalue weighted by Crippen LogP contribution is -2.43. The van der Waals surface area contributed by atoms with Crippen LogP contribution in [0.5, 0.6) is 0 Å². The Morgan fingerprint density at radius 3 is 2.94 bits per heavy atom. The molecule has 3 aromatic rings. The van der Waals surface area contributed by atoms with E-state index in [1.54, 1.807) is 0 Å². The molecule has 1 atom stereocenters. The number of anilines is 2. The minimum absolute atomic E-state index is 0.0316. The second kappa shape index (κ2) is 8.43. The highest BCUT2D eigenvalue weighted by atomic mass is 32.1. The standard InChI is InChI=1S/C23H28N6OS/c1-14-3-6-18-20(24-2)21(31-23(18)27-14)22(30)28-16-5-4-15-11-17(13-26-19(15)12-16)29-9-7-25-8-10-29/h3,6,11,13,16,24-25H,4-5,7-10,12H2,1-2H3,(H,28,30). The molecule has 3 N–H and O–H groups in total. The van der Waals surface area contributed by atoms with Crippen LogP contribution >= 0.6 is 11.3 Å². The van der Waals surface area contributed by atoms with Gasteiger partial charge in [0.25, 0.3) is 5.91 Å². The summed E-state index contributed by atoms with van der Waals surface area (Å²) in [6.45, 7) is 6.06. The van der Waals surface area contributed by atoms with Crippen LogP contribution in [-0.2, 0) is 12.8 Å². The lowest BCUT2D eigenvalue weighted by Gasteiger charge is -2.31. The summed E-state index contributed by atoms with van der Waals surface area (Å²) in [5.41, 5.74) is 5.46. The molecule has 1 aliphatic heterocycles. The lowest BCUT2D eigenvalue weighted by atomic mass is 9.91. The van der Waals surface area contributed by atoms with Crippen molar-refractivity contribution in [2.75, 3.05) is 43.4 Å². The number of aryl methyl sites for hydroxylation is 2. The molecule has 31 heavy (non-hydrogen) atoms. The van der Waals surface area contributed by atoms with E-state index in [-0.39, 0.29) is 11.9 Å². The maximum absolute atomic E-state index is 13.1. The molecule has 1 aliphatic carbocycles. The minimum atomic E-state index is -0.0316.